The molecule has 0 radical (unpaired) electrons. The van der Waals surface area contributed by atoms with E-state index in [4.69, 9.17) is 17.1 Å². The smallest absolute Gasteiger partial charge is 0.223 e. The van der Waals surface area contributed by atoms with Crippen molar-refractivity contribution in [1.29, 1.82) is 10.5 Å². The number of hydrogen-bond donors (Lipinski definition) is 0. The first-order valence-corrected chi connectivity index (χ1v) is 3.81. The largest absolute Gasteiger partial charge is 0.235 e. The number of nitriles is 2. The van der Waals surface area contributed by atoms with E-state index in [9.17, 15) is 8.78 Å². The molecule has 0 aromatic heterocycles. The number of benzene rings is 1. The molecule has 0 spiro atoms. The predicted molar refractivity (Wildman–Crippen MR) is 46.7 cm³/mol. The van der Waals surface area contributed by atoms with Crippen molar-refractivity contribution in [2.24, 2.45) is 0 Å². The highest BCUT2D eigenvalue weighted by Crippen LogP contribution is 2.26. The second kappa shape index (κ2) is 4.17. The highest BCUT2D eigenvalue weighted by atomic mass is 19.1. The van der Waals surface area contributed by atoms with Crippen LogP contribution >= 0.6 is 0 Å². The number of hydrogen-bond acceptors (Lipinski definition) is 2. The predicted octanol–water partition coefficient (Wildman–Crippen LogP) is 2.45. The van der Waals surface area contributed by atoms with Gasteiger partial charge in [0.1, 0.15) is 17.7 Å². The fraction of sp³-hybridized carbons (Fsp3) is 0.100. The maximum Gasteiger partial charge on any atom is 0.223 e. The molecule has 1 aromatic carbocycles. The molecule has 0 saturated carbocycles. The monoisotopic (exact) mass is 203 g/mol. The molecule has 15 heavy (non-hydrogen) atoms. The highest BCUT2D eigenvalue weighted by Gasteiger charge is 2.17. The summed E-state index contributed by atoms with van der Waals surface area (Å²) >= 11 is 0. The molecule has 1 rings (SSSR count). The van der Waals surface area contributed by atoms with Gasteiger partial charge in [0.2, 0.25) is 5.69 Å². The van der Waals surface area contributed by atoms with E-state index < -0.39 is 34.9 Å². The summed E-state index contributed by atoms with van der Waals surface area (Å²) in [5.41, 5.74) is -1.39. The third kappa shape index (κ3) is 1.75. The third-order valence-electron chi connectivity index (χ3n) is 1.77. The fourth-order valence-electron chi connectivity index (χ4n) is 1.07. The van der Waals surface area contributed by atoms with E-state index in [1.165, 1.54) is 6.07 Å². The molecule has 3 nitrogen and oxygen atoms in total. The maximum absolute atomic E-state index is 13.3. The Kier molecular flexibility index (Phi) is 2.96. The van der Waals surface area contributed by atoms with Gasteiger partial charge in [-0.15, -0.1) is 0 Å². The van der Waals surface area contributed by atoms with Gasteiger partial charge in [-0.05, 0) is 6.07 Å². The van der Waals surface area contributed by atoms with E-state index >= 15 is 0 Å². The van der Waals surface area contributed by atoms with Gasteiger partial charge in [0.15, 0.2) is 0 Å². The molecule has 0 saturated heterocycles. The lowest BCUT2D eigenvalue weighted by Crippen LogP contribution is -1.98. The van der Waals surface area contributed by atoms with E-state index in [-0.39, 0.29) is 0 Å². The third-order valence-corrected chi connectivity index (χ3v) is 1.77. The zero-order valence-corrected chi connectivity index (χ0v) is 7.38. The first-order chi connectivity index (χ1) is 7.15. The zero-order chi connectivity index (χ0) is 11.4. The van der Waals surface area contributed by atoms with E-state index in [2.05, 4.69) is 4.85 Å². The van der Waals surface area contributed by atoms with E-state index in [0.717, 1.165) is 6.07 Å². The van der Waals surface area contributed by atoms with Crippen LogP contribution in [0.25, 0.3) is 4.85 Å². The first kappa shape index (κ1) is 10.6. The number of halogens is 2. The average Bonchev–Trinajstić information content (AvgIpc) is 2.25. The Morgan fingerprint density at radius 1 is 1.33 bits per heavy atom. The van der Waals surface area contributed by atoms with Crippen LogP contribution in [0.5, 0.6) is 0 Å². The lowest BCUT2D eigenvalue weighted by Gasteiger charge is -2.03. The number of rotatable bonds is 1. The molecule has 0 aliphatic rings. The van der Waals surface area contributed by atoms with Gasteiger partial charge in [-0.3, -0.25) is 0 Å². The summed E-state index contributed by atoms with van der Waals surface area (Å²) in [5.74, 6) is -2.13. The molecule has 0 aliphatic heterocycles. The Morgan fingerprint density at radius 2 is 2.00 bits per heavy atom. The Balaban J connectivity index is 3.58. The standard InChI is InChI=1S/C10H3F2N3/c1-15-8-4-6(5-14)9(11)7(2-3-13)10(8)12/h4H,2H2. The van der Waals surface area contributed by atoms with Gasteiger partial charge in [0.25, 0.3) is 0 Å². The molecule has 0 atom stereocenters. The van der Waals surface area contributed by atoms with Crippen molar-refractivity contribution < 1.29 is 8.78 Å². The normalized spacial score (nSPS) is 8.73. The minimum Gasteiger partial charge on any atom is -0.235 e. The van der Waals surface area contributed by atoms with Gasteiger partial charge in [0, 0.05) is 5.56 Å². The maximum atomic E-state index is 13.3. The van der Waals surface area contributed by atoms with Crippen molar-refractivity contribution in [3.8, 4) is 12.1 Å². The fourth-order valence-corrected chi connectivity index (χ4v) is 1.07. The van der Waals surface area contributed by atoms with Crippen LogP contribution in [-0.2, 0) is 6.42 Å². The van der Waals surface area contributed by atoms with Gasteiger partial charge in [0.05, 0.1) is 24.6 Å². The molecule has 0 heterocycles. The summed E-state index contributed by atoms with van der Waals surface area (Å²) in [7, 11) is 0. The first-order valence-electron chi connectivity index (χ1n) is 3.81. The van der Waals surface area contributed by atoms with E-state index in [1.807, 2.05) is 0 Å². The summed E-state index contributed by atoms with van der Waals surface area (Å²) in [5, 5.41) is 16.9. The topological polar surface area (TPSA) is 51.9 Å². The van der Waals surface area contributed by atoms with Crippen molar-refractivity contribution in [3.05, 3.63) is 40.2 Å². The van der Waals surface area contributed by atoms with Crippen LogP contribution in [0.3, 0.4) is 0 Å². The molecule has 5 heteroatoms. The zero-order valence-electron chi connectivity index (χ0n) is 7.38. The summed E-state index contributed by atoms with van der Waals surface area (Å²) in [6, 6.07) is 3.91. The summed E-state index contributed by atoms with van der Waals surface area (Å²) in [6.07, 6.45) is -0.504. The van der Waals surface area contributed by atoms with Crippen molar-refractivity contribution >= 4 is 5.69 Å². The summed E-state index contributed by atoms with van der Waals surface area (Å²) in [6.45, 7) is 6.63. The van der Waals surface area contributed by atoms with Crippen molar-refractivity contribution in [2.45, 2.75) is 6.42 Å². The minimum absolute atomic E-state index is 0.423. The Morgan fingerprint density at radius 3 is 2.47 bits per heavy atom. The van der Waals surface area contributed by atoms with Gasteiger partial charge in [-0.2, -0.15) is 10.5 Å². The van der Waals surface area contributed by atoms with Crippen molar-refractivity contribution in [1.82, 2.24) is 0 Å². The minimum atomic E-state index is -1.07. The molecule has 72 valence electrons. The molecule has 1 aromatic rings. The molecule has 0 aliphatic carbocycles. The van der Waals surface area contributed by atoms with E-state index in [0.29, 0.717) is 0 Å². The highest BCUT2D eigenvalue weighted by molar-refractivity contribution is 5.55. The van der Waals surface area contributed by atoms with E-state index in [1.54, 1.807) is 6.07 Å². The quantitative estimate of drug-likeness (QED) is 0.658. The van der Waals surface area contributed by atoms with Gasteiger partial charge in [-0.25, -0.2) is 13.6 Å². The number of nitrogens with zero attached hydrogens (tertiary/aromatic N) is 3. The van der Waals surface area contributed by atoms with Crippen molar-refractivity contribution in [3.63, 3.8) is 0 Å². The SMILES string of the molecule is [C-]#[N+]c1cc(C#N)c(F)c(CC#N)c1F. The Hall–Kier alpha value is -2.45. The van der Waals surface area contributed by atoms with Gasteiger partial charge in [-0.1, -0.05) is 0 Å². The molecule has 0 bridgehead atoms. The average molecular weight is 203 g/mol. The molecule has 0 N–H and O–H groups in total. The van der Waals surface area contributed by atoms with Crippen LogP contribution in [0, 0.1) is 40.9 Å². The molecule has 0 fully saturated rings. The van der Waals surface area contributed by atoms with Gasteiger partial charge >= 0.3 is 0 Å². The van der Waals surface area contributed by atoms with Gasteiger partial charge < -0.3 is 0 Å². The van der Waals surface area contributed by atoms with Crippen LogP contribution in [0.1, 0.15) is 11.1 Å². The second-order valence-corrected chi connectivity index (χ2v) is 2.61. The van der Waals surface area contributed by atoms with Crippen LogP contribution in [-0.4, -0.2) is 0 Å². The Bertz CT molecular complexity index is 491. The molecular weight excluding hydrogens is 200 g/mol. The van der Waals surface area contributed by atoms with Crippen molar-refractivity contribution in [2.75, 3.05) is 0 Å². The summed E-state index contributed by atoms with van der Waals surface area (Å²) in [4.78, 5) is 2.81. The lowest BCUT2D eigenvalue weighted by atomic mass is 10.1. The lowest BCUT2D eigenvalue weighted by molar-refractivity contribution is 0.564. The van der Waals surface area contributed by atoms with Crippen LogP contribution in [0.15, 0.2) is 6.07 Å². The van der Waals surface area contributed by atoms with Crippen LogP contribution in [0.4, 0.5) is 14.5 Å². The molecular formula is C10H3F2N3. The Labute approximate surface area is 84.6 Å². The second-order valence-electron chi connectivity index (χ2n) is 2.61. The molecule has 0 amide bonds. The van der Waals surface area contributed by atoms with Crippen LogP contribution in [0.2, 0.25) is 0 Å². The molecule has 0 unspecified atom stereocenters. The summed E-state index contributed by atoms with van der Waals surface area (Å²) < 4.78 is 26.6. The van der Waals surface area contributed by atoms with Crippen LogP contribution < -0.4 is 0 Å².